The van der Waals surface area contributed by atoms with Gasteiger partial charge in [-0.05, 0) is 37.2 Å². The summed E-state index contributed by atoms with van der Waals surface area (Å²) in [5.74, 6) is -1.96. The van der Waals surface area contributed by atoms with E-state index < -0.39 is 23.5 Å². The minimum atomic E-state index is -2.37. The summed E-state index contributed by atoms with van der Waals surface area (Å²) in [5, 5.41) is 29.0. The lowest BCUT2D eigenvalue weighted by atomic mass is 9.84. The molecule has 0 spiro atoms. The molecule has 0 bridgehead atoms. The first-order valence-electron chi connectivity index (χ1n) is 10.8. The molecule has 0 aliphatic rings. The first-order chi connectivity index (χ1) is 13.9. The standard InChI is InChI=1S/C22H40O6S/c1-3-4-5-9-12-17-29-18-13-10-7-6-8-11-14-19(20(23)24)22(27,21(25)26)15-16-28-2/h11,14,19,27H,3-10,12-13,15-18H2,1-2H3,(H,23,24)(H,25,26)/b14-11+/t19-,22+/m1/s1. The van der Waals surface area contributed by atoms with Gasteiger partial charge in [0.05, 0.1) is 0 Å². The smallest absolute Gasteiger partial charge is 0.337 e. The first kappa shape index (κ1) is 27.9. The van der Waals surface area contributed by atoms with Crippen LogP contribution >= 0.6 is 11.8 Å². The zero-order valence-corrected chi connectivity index (χ0v) is 18.9. The Hall–Kier alpha value is -1.05. The maximum atomic E-state index is 11.5. The summed E-state index contributed by atoms with van der Waals surface area (Å²) < 4.78 is 4.80. The summed E-state index contributed by atoms with van der Waals surface area (Å²) in [6.45, 7) is 2.20. The Morgan fingerprint density at radius 2 is 1.59 bits per heavy atom. The van der Waals surface area contributed by atoms with Crippen molar-refractivity contribution in [3.63, 3.8) is 0 Å². The van der Waals surface area contributed by atoms with E-state index in [1.165, 1.54) is 63.2 Å². The summed E-state index contributed by atoms with van der Waals surface area (Å²) in [6.07, 6.45) is 14.3. The third kappa shape index (κ3) is 13.0. The molecule has 0 amide bonds. The van der Waals surface area contributed by atoms with E-state index in [-0.39, 0.29) is 13.0 Å². The van der Waals surface area contributed by atoms with Gasteiger partial charge >= 0.3 is 11.9 Å². The van der Waals surface area contributed by atoms with Crippen molar-refractivity contribution in [1.29, 1.82) is 0 Å². The van der Waals surface area contributed by atoms with E-state index >= 15 is 0 Å². The number of carboxylic acids is 2. The molecular formula is C22H40O6S. The van der Waals surface area contributed by atoms with Gasteiger partial charge in [-0.25, -0.2) is 4.79 Å². The summed E-state index contributed by atoms with van der Waals surface area (Å²) in [4.78, 5) is 22.9. The van der Waals surface area contributed by atoms with E-state index in [2.05, 4.69) is 6.92 Å². The summed E-state index contributed by atoms with van der Waals surface area (Å²) in [7, 11) is 1.37. The third-order valence-corrected chi connectivity index (χ3v) is 6.12. The highest BCUT2D eigenvalue weighted by molar-refractivity contribution is 7.99. The van der Waals surface area contributed by atoms with Crippen LogP contribution in [0.4, 0.5) is 0 Å². The predicted octanol–water partition coefficient (Wildman–Crippen LogP) is 4.75. The lowest BCUT2D eigenvalue weighted by molar-refractivity contribution is -0.173. The van der Waals surface area contributed by atoms with Crippen LogP contribution in [0.5, 0.6) is 0 Å². The monoisotopic (exact) mass is 432 g/mol. The minimum Gasteiger partial charge on any atom is -0.481 e. The van der Waals surface area contributed by atoms with Gasteiger partial charge in [0.15, 0.2) is 5.60 Å². The number of hydrogen-bond donors (Lipinski definition) is 3. The van der Waals surface area contributed by atoms with Gasteiger partial charge in [0.25, 0.3) is 0 Å². The molecule has 0 heterocycles. The van der Waals surface area contributed by atoms with Crippen LogP contribution in [0, 0.1) is 5.92 Å². The highest BCUT2D eigenvalue weighted by Crippen LogP contribution is 2.25. The second kappa shape index (κ2) is 17.8. The number of unbranched alkanes of at least 4 members (excludes halogenated alkanes) is 8. The Morgan fingerprint density at radius 1 is 1.00 bits per heavy atom. The fourth-order valence-electron chi connectivity index (χ4n) is 3.06. The normalized spacial score (nSPS) is 14.7. The lowest BCUT2D eigenvalue weighted by Gasteiger charge is -2.27. The zero-order valence-electron chi connectivity index (χ0n) is 18.1. The number of aliphatic carboxylic acids is 2. The molecule has 0 aliphatic carbocycles. The van der Waals surface area contributed by atoms with Crippen molar-refractivity contribution in [2.75, 3.05) is 25.2 Å². The topological polar surface area (TPSA) is 104 Å². The molecule has 0 saturated heterocycles. The van der Waals surface area contributed by atoms with Crippen molar-refractivity contribution in [2.45, 2.75) is 83.2 Å². The number of aliphatic hydroxyl groups is 1. The van der Waals surface area contributed by atoms with Crippen LogP contribution in [-0.4, -0.2) is 58.1 Å². The van der Waals surface area contributed by atoms with Gasteiger partial charge in [-0.2, -0.15) is 11.8 Å². The molecule has 0 aromatic carbocycles. The molecule has 0 fully saturated rings. The Labute approximate surface area is 180 Å². The van der Waals surface area contributed by atoms with Gasteiger partial charge in [-0.1, -0.05) is 57.6 Å². The van der Waals surface area contributed by atoms with Gasteiger partial charge in [-0.3, -0.25) is 4.79 Å². The Balaban J connectivity index is 4.02. The highest BCUT2D eigenvalue weighted by Gasteiger charge is 2.46. The number of carboxylic acid groups (broad SMARTS) is 2. The van der Waals surface area contributed by atoms with Crippen molar-refractivity contribution in [3.05, 3.63) is 12.2 Å². The van der Waals surface area contributed by atoms with Gasteiger partial charge in [-0.15, -0.1) is 0 Å². The molecule has 3 N–H and O–H groups in total. The van der Waals surface area contributed by atoms with Gasteiger partial charge in [0.2, 0.25) is 0 Å². The molecule has 6 nitrogen and oxygen atoms in total. The Morgan fingerprint density at radius 3 is 2.10 bits per heavy atom. The molecule has 0 saturated carbocycles. The SMILES string of the molecule is CCCCCCCSCCCCCC/C=C/[C@H](C(=O)O)[C@@](O)(CCOC)C(=O)O. The van der Waals surface area contributed by atoms with E-state index in [0.29, 0.717) is 6.42 Å². The van der Waals surface area contributed by atoms with E-state index in [1.807, 2.05) is 11.8 Å². The van der Waals surface area contributed by atoms with Crippen LogP contribution in [-0.2, 0) is 14.3 Å². The molecule has 170 valence electrons. The zero-order chi connectivity index (χ0) is 22.0. The molecule has 2 atom stereocenters. The van der Waals surface area contributed by atoms with E-state index in [0.717, 1.165) is 19.3 Å². The van der Waals surface area contributed by atoms with E-state index in [1.54, 1.807) is 6.08 Å². The number of carbonyl (C=O) groups is 2. The summed E-state index contributed by atoms with van der Waals surface area (Å²) in [5.41, 5.74) is -2.37. The Bertz CT molecular complexity index is 468. The molecule has 7 heteroatoms. The fourth-order valence-corrected chi connectivity index (χ4v) is 4.08. The Kier molecular flexibility index (Phi) is 17.1. The number of rotatable bonds is 20. The largest absolute Gasteiger partial charge is 0.481 e. The summed E-state index contributed by atoms with van der Waals surface area (Å²) >= 11 is 2.03. The maximum absolute atomic E-state index is 11.5. The van der Waals surface area contributed by atoms with Gasteiger partial charge < -0.3 is 20.1 Å². The lowest BCUT2D eigenvalue weighted by Crippen LogP contribution is -2.49. The second-order valence-corrected chi connectivity index (χ2v) is 8.67. The van der Waals surface area contributed by atoms with Crippen molar-refractivity contribution < 1.29 is 29.6 Å². The molecular weight excluding hydrogens is 392 g/mol. The first-order valence-corrected chi connectivity index (χ1v) is 12.0. The second-order valence-electron chi connectivity index (χ2n) is 7.45. The molecule has 0 aromatic rings. The molecule has 29 heavy (non-hydrogen) atoms. The number of methoxy groups -OCH3 is 1. The third-order valence-electron chi connectivity index (χ3n) is 4.97. The van der Waals surface area contributed by atoms with Crippen LogP contribution in [0.25, 0.3) is 0 Å². The quantitative estimate of drug-likeness (QED) is 0.188. The van der Waals surface area contributed by atoms with Crippen molar-refractivity contribution in [2.24, 2.45) is 5.92 Å². The number of ether oxygens (including phenoxy) is 1. The van der Waals surface area contributed by atoms with Crippen LogP contribution in [0.2, 0.25) is 0 Å². The van der Waals surface area contributed by atoms with Crippen LogP contribution in [0.3, 0.4) is 0 Å². The molecule has 0 aliphatic heterocycles. The summed E-state index contributed by atoms with van der Waals surface area (Å²) in [6, 6.07) is 0. The van der Waals surface area contributed by atoms with Crippen LogP contribution in [0.1, 0.15) is 77.6 Å². The minimum absolute atomic E-state index is 0.0306. The van der Waals surface area contributed by atoms with Crippen molar-refractivity contribution in [1.82, 2.24) is 0 Å². The average Bonchev–Trinajstić information content (AvgIpc) is 2.68. The molecule has 0 radical (unpaired) electrons. The number of thioether (sulfide) groups is 1. The van der Waals surface area contributed by atoms with Crippen molar-refractivity contribution in [3.8, 4) is 0 Å². The average molecular weight is 433 g/mol. The maximum Gasteiger partial charge on any atom is 0.337 e. The number of allylic oxidation sites excluding steroid dienone is 1. The van der Waals surface area contributed by atoms with E-state index in [4.69, 9.17) is 4.74 Å². The fraction of sp³-hybridized carbons (Fsp3) is 0.818. The number of hydrogen-bond acceptors (Lipinski definition) is 5. The van der Waals surface area contributed by atoms with Crippen LogP contribution in [0.15, 0.2) is 12.2 Å². The molecule has 0 aromatic heterocycles. The van der Waals surface area contributed by atoms with Gasteiger partial charge in [0.1, 0.15) is 5.92 Å². The predicted molar refractivity (Wildman–Crippen MR) is 119 cm³/mol. The van der Waals surface area contributed by atoms with Crippen LogP contribution < -0.4 is 0 Å². The highest BCUT2D eigenvalue weighted by atomic mass is 32.2. The molecule has 0 unspecified atom stereocenters. The van der Waals surface area contributed by atoms with E-state index in [9.17, 15) is 24.9 Å². The van der Waals surface area contributed by atoms with Gasteiger partial charge in [0, 0.05) is 20.1 Å². The van der Waals surface area contributed by atoms with Crippen molar-refractivity contribution >= 4 is 23.7 Å². The molecule has 0 rings (SSSR count).